The quantitative estimate of drug-likeness (QED) is 0.596. The van der Waals surface area contributed by atoms with Gasteiger partial charge in [0, 0.05) is 5.54 Å². The van der Waals surface area contributed by atoms with Gasteiger partial charge >= 0.3 is 5.97 Å². The van der Waals surface area contributed by atoms with E-state index in [1.807, 2.05) is 34.6 Å². The number of aliphatic hydroxyl groups excluding tert-OH is 1. The van der Waals surface area contributed by atoms with E-state index in [1.165, 1.54) is 4.90 Å². The van der Waals surface area contributed by atoms with Crippen LogP contribution in [0.1, 0.15) is 60.8 Å². The fourth-order valence-electron chi connectivity index (χ4n) is 5.55. The van der Waals surface area contributed by atoms with Crippen LogP contribution in [0.5, 0.6) is 0 Å². The third-order valence-corrected chi connectivity index (χ3v) is 6.39. The summed E-state index contributed by atoms with van der Waals surface area (Å²) in [5.74, 6) is -2.28. The summed E-state index contributed by atoms with van der Waals surface area (Å²) < 4.78 is 11.6. The van der Waals surface area contributed by atoms with E-state index < -0.39 is 47.1 Å². The molecular formula is C22H36N2O6. The number of carbonyl (C=O) groups is 3. The second-order valence-corrected chi connectivity index (χ2v) is 10.3. The van der Waals surface area contributed by atoms with Crippen LogP contribution in [0.3, 0.4) is 0 Å². The van der Waals surface area contributed by atoms with Gasteiger partial charge in [-0.25, -0.2) is 0 Å². The van der Waals surface area contributed by atoms with Gasteiger partial charge in [0.15, 0.2) is 0 Å². The molecule has 3 aliphatic heterocycles. The maximum Gasteiger partial charge on any atom is 0.312 e. The van der Waals surface area contributed by atoms with Gasteiger partial charge in [0.1, 0.15) is 11.6 Å². The summed E-state index contributed by atoms with van der Waals surface area (Å²) in [5, 5.41) is 13.1. The molecule has 3 fully saturated rings. The molecule has 0 aliphatic carbocycles. The number of likely N-dealkylation sites (tertiary alicyclic amines) is 1. The predicted molar refractivity (Wildman–Crippen MR) is 109 cm³/mol. The van der Waals surface area contributed by atoms with Crippen LogP contribution in [0.25, 0.3) is 0 Å². The van der Waals surface area contributed by atoms with Gasteiger partial charge < -0.3 is 24.8 Å². The molecule has 3 saturated heterocycles. The number of nitrogens with zero attached hydrogens (tertiary/aromatic N) is 1. The van der Waals surface area contributed by atoms with Gasteiger partial charge in [0.05, 0.1) is 37.2 Å². The number of rotatable bonds is 7. The average Bonchev–Trinajstić information content (AvgIpc) is 3.25. The van der Waals surface area contributed by atoms with Crippen molar-refractivity contribution in [2.24, 2.45) is 17.8 Å². The van der Waals surface area contributed by atoms with Crippen LogP contribution in [-0.4, -0.2) is 70.3 Å². The Morgan fingerprint density at radius 3 is 2.57 bits per heavy atom. The summed E-state index contributed by atoms with van der Waals surface area (Å²) >= 11 is 0. The lowest BCUT2D eigenvalue weighted by molar-refractivity contribution is -0.155. The van der Waals surface area contributed by atoms with Crippen molar-refractivity contribution >= 4 is 17.8 Å². The standard InChI is InChI=1S/C22H36N2O6/c1-7-29-20(28)15-14-8-9-22(30-14)16(15)19(27)24(13(11-25)10-12(2)3)17(22)18(26)23-21(4,5)6/h12-17,25H,7-11H2,1-6H3,(H,23,26)/t13-,14-,15+,16+,17?,22?/m1/s1. The van der Waals surface area contributed by atoms with Crippen molar-refractivity contribution in [3.63, 3.8) is 0 Å². The summed E-state index contributed by atoms with van der Waals surface area (Å²) in [5.41, 5.74) is -1.55. The zero-order valence-corrected chi connectivity index (χ0v) is 18.9. The van der Waals surface area contributed by atoms with Crippen molar-refractivity contribution in [2.75, 3.05) is 13.2 Å². The van der Waals surface area contributed by atoms with E-state index in [2.05, 4.69) is 5.32 Å². The maximum atomic E-state index is 13.7. The first-order valence-electron chi connectivity index (χ1n) is 11.1. The molecule has 2 unspecified atom stereocenters. The van der Waals surface area contributed by atoms with Crippen LogP contribution in [-0.2, 0) is 23.9 Å². The molecule has 170 valence electrons. The molecular weight excluding hydrogens is 388 g/mol. The van der Waals surface area contributed by atoms with Crippen molar-refractivity contribution in [2.45, 2.75) is 90.1 Å². The number of carbonyl (C=O) groups excluding carboxylic acids is 3. The number of amides is 2. The van der Waals surface area contributed by atoms with Gasteiger partial charge in [0.2, 0.25) is 11.8 Å². The minimum absolute atomic E-state index is 0.220. The molecule has 0 aromatic rings. The van der Waals surface area contributed by atoms with Crippen LogP contribution in [0, 0.1) is 17.8 Å². The Morgan fingerprint density at radius 2 is 2.03 bits per heavy atom. The lowest BCUT2D eigenvalue weighted by atomic mass is 9.70. The molecule has 0 aromatic heterocycles. The van der Waals surface area contributed by atoms with Crippen LogP contribution >= 0.6 is 0 Å². The first kappa shape index (κ1) is 23.0. The normalized spacial score (nSPS) is 33.7. The SMILES string of the molecule is CCOC(=O)[C@@H]1[C@H]2C(=O)N([C@@H](CO)CC(C)C)C(C(=O)NC(C)(C)C)C23CC[C@H]1O3. The number of nitrogens with one attached hydrogen (secondary N) is 1. The molecule has 3 rings (SSSR count). The smallest absolute Gasteiger partial charge is 0.312 e. The molecule has 3 aliphatic rings. The third-order valence-electron chi connectivity index (χ3n) is 6.39. The van der Waals surface area contributed by atoms with Crippen LogP contribution in [0.4, 0.5) is 0 Å². The summed E-state index contributed by atoms with van der Waals surface area (Å²) in [6, 6.07) is -1.40. The molecule has 6 atom stereocenters. The van der Waals surface area contributed by atoms with Gasteiger partial charge in [-0.15, -0.1) is 0 Å². The highest BCUT2D eigenvalue weighted by Gasteiger charge is 2.75. The van der Waals surface area contributed by atoms with Gasteiger partial charge in [-0.2, -0.15) is 0 Å². The number of fused-ring (bicyclic) bond motifs is 1. The number of esters is 1. The largest absolute Gasteiger partial charge is 0.466 e. The average molecular weight is 425 g/mol. The van der Waals surface area contributed by atoms with E-state index in [4.69, 9.17) is 9.47 Å². The van der Waals surface area contributed by atoms with Gasteiger partial charge in [-0.1, -0.05) is 13.8 Å². The molecule has 30 heavy (non-hydrogen) atoms. The second-order valence-electron chi connectivity index (χ2n) is 10.3. The van der Waals surface area contributed by atoms with Crippen molar-refractivity contribution in [1.82, 2.24) is 10.2 Å². The van der Waals surface area contributed by atoms with E-state index in [0.717, 1.165) is 0 Å². The highest BCUT2D eigenvalue weighted by Crippen LogP contribution is 2.59. The molecule has 2 N–H and O–H groups in total. The Bertz CT molecular complexity index is 702. The monoisotopic (exact) mass is 424 g/mol. The molecule has 3 heterocycles. The van der Waals surface area contributed by atoms with E-state index in [9.17, 15) is 19.5 Å². The van der Waals surface area contributed by atoms with Crippen molar-refractivity contribution < 1.29 is 29.0 Å². The summed E-state index contributed by atoms with van der Waals surface area (Å²) in [6.45, 7) is 11.4. The Labute approximate surface area is 178 Å². The van der Waals surface area contributed by atoms with E-state index >= 15 is 0 Å². The Balaban J connectivity index is 2.05. The predicted octanol–water partition coefficient (Wildman–Crippen LogP) is 1.25. The number of hydrogen-bond donors (Lipinski definition) is 2. The number of hydrogen-bond acceptors (Lipinski definition) is 6. The summed E-state index contributed by atoms with van der Waals surface area (Å²) in [4.78, 5) is 41.4. The molecule has 0 radical (unpaired) electrons. The van der Waals surface area contributed by atoms with E-state index in [0.29, 0.717) is 19.3 Å². The van der Waals surface area contributed by atoms with Crippen molar-refractivity contribution in [1.29, 1.82) is 0 Å². The molecule has 1 spiro atoms. The Kier molecular flexibility index (Phi) is 6.22. The minimum atomic E-state index is -1.06. The molecule has 0 aromatic carbocycles. The lowest BCUT2D eigenvalue weighted by Gasteiger charge is -2.38. The highest BCUT2D eigenvalue weighted by molar-refractivity contribution is 5.98. The highest BCUT2D eigenvalue weighted by atomic mass is 16.6. The second kappa shape index (κ2) is 8.11. The fourth-order valence-corrected chi connectivity index (χ4v) is 5.55. The van der Waals surface area contributed by atoms with Gasteiger partial charge in [-0.3, -0.25) is 14.4 Å². The first-order chi connectivity index (χ1) is 14.0. The van der Waals surface area contributed by atoms with E-state index in [1.54, 1.807) is 6.92 Å². The number of aliphatic hydroxyl groups is 1. The van der Waals surface area contributed by atoms with Crippen molar-refractivity contribution in [3.8, 4) is 0 Å². The van der Waals surface area contributed by atoms with E-state index in [-0.39, 0.29) is 30.9 Å². The minimum Gasteiger partial charge on any atom is -0.466 e. The van der Waals surface area contributed by atoms with Crippen LogP contribution < -0.4 is 5.32 Å². The number of ether oxygens (including phenoxy) is 2. The third kappa shape index (κ3) is 3.73. The maximum absolute atomic E-state index is 13.7. The van der Waals surface area contributed by atoms with Crippen molar-refractivity contribution in [3.05, 3.63) is 0 Å². The molecule has 2 bridgehead atoms. The van der Waals surface area contributed by atoms with Gasteiger partial charge in [0.25, 0.3) is 0 Å². The summed E-state index contributed by atoms with van der Waals surface area (Å²) in [6.07, 6.45) is 1.28. The Hall–Kier alpha value is -1.67. The van der Waals surface area contributed by atoms with Gasteiger partial charge in [-0.05, 0) is 52.9 Å². The fraction of sp³-hybridized carbons (Fsp3) is 0.864. The topological polar surface area (TPSA) is 105 Å². The molecule has 2 amide bonds. The van der Waals surface area contributed by atoms with Crippen LogP contribution in [0.15, 0.2) is 0 Å². The zero-order chi connectivity index (χ0) is 22.4. The lowest BCUT2D eigenvalue weighted by Crippen LogP contribution is -2.60. The Morgan fingerprint density at radius 1 is 1.37 bits per heavy atom. The first-order valence-corrected chi connectivity index (χ1v) is 11.1. The molecule has 8 nitrogen and oxygen atoms in total. The summed E-state index contributed by atoms with van der Waals surface area (Å²) in [7, 11) is 0. The zero-order valence-electron chi connectivity index (χ0n) is 18.9. The molecule has 8 heteroatoms. The molecule has 0 saturated carbocycles. The van der Waals surface area contributed by atoms with Crippen LogP contribution in [0.2, 0.25) is 0 Å².